The van der Waals surface area contributed by atoms with E-state index in [-0.39, 0.29) is 28.0 Å². The van der Waals surface area contributed by atoms with Crippen molar-refractivity contribution in [2.45, 2.75) is 84.3 Å². The smallest absolute Gasteiger partial charge is 0.329 e. The van der Waals surface area contributed by atoms with E-state index in [0.717, 1.165) is 56.7 Å². The van der Waals surface area contributed by atoms with Crippen LogP contribution in [0.15, 0.2) is 41.1 Å². The maximum Gasteiger partial charge on any atom is 0.329 e. The number of oxime groups is 1. The van der Waals surface area contributed by atoms with Gasteiger partial charge in [-0.2, -0.15) is 0 Å². The number of ketones is 1. The summed E-state index contributed by atoms with van der Waals surface area (Å²) in [4.78, 5) is 52.4. The molecule has 4 aliphatic carbocycles. The van der Waals surface area contributed by atoms with Gasteiger partial charge in [0.15, 0.2) is 12.6 Å². The number of aliphatic hydroxyl groups is 1. The summed E-state index contributed by atoms with van der Waals surface area (Å²) in [6.07, 6.45) is 8.50. The lowest BCUT2D eigenvalue weighted by Gasteiger charge is -2.58. The molecule has 1 amide bonds. The number of hydrogen-bond acceptors (Lipinski definition) is 8. The highest BCUT2D eigenvalue weighted by Crippen LogP contribution is 2.66. The SMILES string of the molecule is CC(=O)C1CCC2C3CCC4=C/C(=N/OCC(=O)NC(C(=O)O)C(O)c5cccc([N+](=O)[O-])c5)CC[C@]4(C)C3CC[C@]12C. The first-order valence-electron chi connectivity index (χ1n) is 15.2. The number of carbonyl (C=O) groups is 3. The van der Waals surface area contributed by atoms with Gasteiger partial charge in [0.1, 0.15) is 11.9 Å². The zero-order chi connectivity index (χ0) is 31.1. The highest BCUT2D eigenvalue weighted by Gasteiger charge is 2.59. The maximum absolute atomic E-state index is 12.5. The first-order valence-corrected chi connectivity index (χ1v) is 15.2. The molecule has 3 saturated carbocycles. The number of hydrogen-bond donors (Lipinski definition) is 3. The van der Waals surface area contributed by atoms with Crippen molar-refractivity contribution in [3.63, 3.8) is 0 Å². The number of nitrogens with zero attached hydrogens (tertiary/aromatic N) is 2. The van der Waals surface area contributed by atoms with Gasteiger partial charge in [0.05, 0.1) is 10.6 Å². The topological polar surface area (TPSA) is 168 Å². The third kappa shape index (κ3) is 5.71. The molecule has 232 valence electrons. The summed E-state index contributed by atoms with van der Waals surface area (Å²) in [7, 11) is 0. The predicted octanol–water partition coefficient (Wildman–Crippen LogP) is 4.74. The van der Waals surface area contributed by atoms with Gasteiger partial charge >= 0.3 is 5.97 Å². The van der Waals surface area contributed by atoms with E-state index in [1.165, 1.54) is 23.8 Å². The summed E-state index contributed by atoms with van der Waals surface area (Å²) in [5.41, 5.74) is 1.98. The van der Waals surface area contributed by atoms with Gasteiger partial charge in [-0.1, -0.05) is 36.7 Å². The van der Waals surface area contributed by atoms with Crippen LogP contribution in [0.25, 0.3) is 0 Å². The number of carboxylic acids is 1. The first-order chi connectivity index (χ1) is 20.3. The Hall–Kier alpha value is -3.60. The summed E-state index contributed by atoms with van der Waals surface area (Å²) < 4.78 is 0. The van der Waals surface area contributed by atoms with Gasteiger partial charge < -0.3 is 20.4 Å². The summed E-state index contributed by atoms with van der Waals surface area (Å²) in [5.74, 6) is 0.0504. The summed E-state index contributed by atoms with van der Waals surface area (Å²) in [5, 5.41) is 37.6. The second-order valence-corrected chi connectivity index (χ2v) is 13.3. The van der Waals surface area contributed by atoms with Gasteiger partial charge in [-0.05, 0) is 98.5 Å². The van der Waals surface area contributed by atoms with Crippen LogP contribution in [0.4, 0.5) is 5.69 Å². The number of nitrogens with one attached hydrogen (secondary N) is 1. The Morgan fingerprint density at radius 2 is 1.91 bits per heavy atom. The van der Waals surface area contributed by atoms with Crippen LogP contribution in [0.2, 0.25) is 0 Å². The molecule has 1 aromatic carbocycles. The second-order valence-electron chi connectivity index (χ2n) is 13.3. The first kappa shape index (κ1) is 30.8. The summed E-state index contributed by atoms with van der Waals surface area (Å²) >= 11 is 0. The highest BCUT2D eigenvalue weighted by atomic mass is 16.6. The van der Waals surface area contributed by atoms with E-state index < -0.39 is 35.6 Å². The number of carboxylic acid groups (broad SMARTS) is 1. The second kappa shape index (κ2) is 11.8. The number of carbonyl (C=O) groups excluding carboxylic acids is 2. The van der Waals surface area contributed by atoms with Crippen molar-refractivity contribution in [2.75, 3.05) is 6.61 Å². The number of rotatable bonds is 9. The molecule has 11 heteroatoms. The Labute approximate surface area is 250 Å². The molecule has 0 spiro atoms. The maximum atomic E-state index is 12.5. The number of nitro benzene ring substituents is 1. The minimum atomic E-state index is -1.73. The molecule has 0 saturated heterocycles. The lowest BCUT2D eigenvalue weighted by atomic mass is 9.46. The molecule has 3 N–H and O–H groups in total. The van der Waals surface area contributed by atoms with Gasteiger partial charge in [0.2, 0.25) is 0 Å². The Bertz CT molecular complexity index is 1370. The Kier molecular flexibility index (Phi) is 8.48. The van der Waals surface area contributed by atoms with Crippen molar-refractivity contribution >= 4 is 29.1 Å². The predicted molar refractivity (Wildman–Crippen MR) is 157 cm³/mol. The molecule has 5 rings (SSSR count). The van der Waals surface area contributed by atoms with E-state index in [1.54, 1.807) is 6.92 Å². The van der Waals surface area contributed by atoms with E-state index in [2.05, 4.69) is 30.4 Å². The van der Waals surface area contributed by atoms with Crippen molar-refractivity contribution in [3.8, 4) is 0 Å². The fourth-order valence-electron chi connectivity index (χ4n) is 8.99. The highest BCUT2D eigenvalue weighted by molar-refractivity contribution is 5.96. The van der Waals surface area contributed by atoms with Crippen molar-refractivity contribution in [1.29, 1.82) is 0 Å². The number of non-ortho nitro benzene ring substituents is 1. The molecule has 4 aliphatic rings. The monoisotopic (exact) mass is 595 g/mol. The van der Waals surface area contributed by atoms with Crippen LogP contribution in [0.3, 0.4) is 0 Å². The van der Waals surface area contributed by atoms with E-state index in [0.29, 0.717) is 30.0 Å². The standard InChI is InChI=1S/C32H41N3O8/c1-18(36)24-9-10-25-23-8-7-20-16-21(11-13-31(20,2)26(23)12-14-32(24,25)3)34-43-17-27(37)33-28(30(39)40)29(38)19-5-4-6-22(15-19)35(41)42/h4-6,15-16,23-26,28-29,38H,7-14,17H2,1-3H3,(H,33,37)(H,39,40)/b34-21+/t23?,24?,25?,26?,28?,29?,31-,32+/m0/s1. The van der Waals surface area contributed by atoms with Crippen LogP contribution in [-0.2, 0) is 19.2 Å². The van der Waals surface area contributed by atoms with E-state index in [9.17, 15) is 34.7 Å². The van der Waals surface area contributed by atoms with E-state index in [4.69, 9.17) is 4.84 Å². The zero-order valence-corrected chi connectivity index (χ0v) is 25.0. The summed E-state index contributed by atoms with van der Waals surface area (Å²) in [6, 6.07) is 3.23. The van der Waals surface area contributed by atoms with Crippen molar-refractivity contribution in [2.24, 2.45) is 39.7 Å². The molecule has 1 aromatic rings. The van der Waals surface area contributed by atoms with Crippen LogP contribution >= 0.6 is 0 Å². The van der Waals surface area contributed by atoms with Crippen LogP contribution < -0.4 is 5.32 Å². The van der Waals surface area contributed by atoms with Gasteiger partial charge in [0, 0.05) is 18.1 Å². The zero-order valence-electron chi connectivity index (χ0n) is 25.0. The molecule has 0 bridgehead atoms. The average molecular weight is 596 g/mol. The Morgan fingerprint density at radius 3 is 2.60 bits per heavy atom. The van der Waals surface area contributed by atoms with Crippen molar-refractivity contribution in [1.82, 2.24) is 5.32 Å². The molecule has 0 aromatic heterocycles. The molecule has 3 fully saturated rings. The third-order valence-corrected chi connectivity index (χ3v) is 11.2. The normalized spacial score (nSPS) is 33.7. The van der Waals surface area contributed by atoms with Crippen LogP contribution in [-0.4, -0.2) is 51.2 Å². The molecule has 0 heterocycles. The Morgan fingerprint density at radius 1 is 1.14 bits per heavy atom. The van der Waals surface area contributed by atoms with Gasteiger partial charge in [-0.25, -0.2) is 4.79 Å². The number of Topliss-reactive ketones (excluding diaryl/α,β-unsaturated/α-hetero) is 1. The summed E-state index contributed by atoms with van der Waals surface area (Å²) in [6.45, 7) is 5.94. The molecule has 8 atom stereocenters. The minimum absolute atomic E-state index is 0.0103. The number of aliphatic carboxylic acids is 1. The lowest BCUT2D eigenvalue weighted by Crippen LogP contribution is -2.51. The number of fused-ring (bicyclic) bond motifs is 5. The number of benzene rings is 1. The van der Waals surface area contributed by atoms with Gasteiger partial charge in [-0.15, -0.1) is 0 Å². The number of amides is 1. The fourth-order valence-corrected chi connectivity index (χ4v) is 8.99. The lowest BCUT2D eigenvalue weighted by molar-refractivity contribution is -0.385. The molecular formula is C32H41N3O8. The Balaban J connectivity index is 1.20. The number of aliphatic hydroxyl groups excluding tert-OH is 1. The van der Waals surface area contributed by atoms with Crippen molar-refractivity contribution in [3.05, 3.63) is 51.6 Å². The minimum Gasteiger partial charge on any atom is -0.480 e. The molecule has 0 radical (unpaired) electrons. The molecular weight excluding hydrogens is 554 g/mol. The molecule has 43 heavy (non-hydrogen) atoms. The van der Waals surface area contributed by atoms with Gasteiger partial charge in [0.25, 0.3) is 11.6 Å². The molecule has 11 nitrogen and oxygen atoms in total. The van der Waals surface area contributed by atoms with E-state index in [1.807, 2.05) is 0 Å². The number of allylic oxidation sites excluding steroid dienone is 2. The van der Waals surface area contributed by atoms with Crippen LogP contribution in [0.1, 0.15) is 83.8 Å². The van der Waals surface area contributed by atoms with Crippen LogP contribution in [0.5, 0.6) is 0 Å². The van der Waals surface area contributed by atoms with Gasteiger partial charge in [-0.3, -0.25) is 19.7 Å². The van der Waals surface area contributed by atoms with Crippen molar-refractivity contribution < 1.29 is 34.4 Å². The molecule has 6 unspecified atom stereocenters. The average Bonchev–Trinajstić information content (AvgIpc) is 3.33. The van der Waals surface area contributed by atoms with E-state index >= 15 is 0 Å². The molecule has 0 aliphatic heterocycles. The van der Waals surface area contributed by atoms with Crippen LogP contribution in [0, 0.1) is 44.6 Å². The number of nitro groups is 1. The quantitative estimate of drug-likeness (QED) is 0.272. The third-order valence-electron chi connectivity index (χ3n) is 11.2. The largest absolute Gasteiger partial charge is 0.480 e. The fraction of sp³-hybridized carbons (Fsp3) is 0.625.